The highest BCUT2D eigenvalue weighted by atomic mass is 16.5. The van der Waals surface area contributed by atoms with Crippen molar-refractivity contribution in [1.82, 2.24) is 4.98 Å². The van der Waals surface area contributed by atoms with Crippen molar-refractivity contribution in [1.29, 1.82) is 0 Å². The molecular formula is C14H14N2O2. The minimum absolute atomic E-state index is 0.101. The Morgan fingerprint density at radius 1 is 1.17 bits per heavy atom. The van der Waals surface area contributed by atoms with Crippen molar-refractivity contribution < 1.29 is 9.53 Å². The predicted molar refractivity (Wildman–Crippen MR) is 70.0 cm³/mol. The van der Waals surface area contributed by atoms with Crippen LogP contribution in [0.5, 0.6) is 5.75 Å². The van der Waals surface area contributed by atoms with E-state index in [1.165, 1.54) is 4.90 Å². The summed E-state index contributed by atoms with van der Waals surface area (Å²) in [7, 11) is 3.30. The van der Waals surface area contributed by atoms with Gasteiger partial charge in [0, 0.05) is 18.8 Å². The number of rotatable bonds is 3. The fourth-order valence-electron chi connectivity index (χ4n) is 1.58. The van der Waals surface area contributed by atoms with Crippen molar-refractivity contribution in [3.63, 3.8) is 0 Å². The SMILES string of the molecule is COc1ccc(C(=O)N(C)c2ccccn2)cc1. The number of carbonyl (C=O) groups excluding carboxylic acids is 1. The van der Waals surface area contributed by atoms with Gasteiger partial charge in [0.05, 0.1) is 7.11 Å². The number of nitrogens with zero attached hydrogens (tertiary/aromatic N) is 2. The van der Waals surface area contributed by atoms with Crippen LogP contribution < -0.4 is 9.64 Å². The van der Waals surface area contributed by atoms with Gasteiger partial charge in [0.15, 0.2) is 0 Å². The lowest BCUT2D eigenvalue weighted by molar-refractivity contribution is 0.0992. The molecule has 0 aliphatic rings. The Bertz CT molecular complexity index is 523. The first kappa shape index (κ1) is 12.1. The van der Waals surface area contributed by atoms with Gasteiger partial charge in [-0.2, -0.15) is 0 Å². The van der Waals surface area contributed by atoms with E-state index in [4.69, 9.17) is 4.74 Å². The minimum atomic E-state index is -0.101. The lowest BCUT2D eigenvalue weighted by Gasteiger charge is -2.16. The van der Waals surface area contributed by atoms with Crippen molar-refractivity contribution >= 4 is 11.7 Å². The zero-order chi connectivity index (χ0) is 13.0. The van der Waals surface area contributed by atoms with Crippen molar-refractivity contribution in [2.75, 3.05) is 19.1 Å². The zero-order valence-corrected chi connectivity index (χ0v) is 10.3. The third kappa shape index (κ3) is 2.48. The number of ether oxygens (including phenoxy) is 1. The number of hydrogen-bond donors (Lipinski definition) is 0. The fourth-order valence-corrected chi connectivity index (χ4v) is 1.58. The van der Waals surface area contributed by atoms with Gasteiger partial charge in [-0.25, -0.2) is 4.98 Å². The van der Waals surface area contributed by atoms with Gasteiger partial charge in [-0.05, 0) is 36.4 Å². The van der Waals surface area contributed by atoms with E-state index in [1.54, 1.807) is 50.7 Å². The standard InChI is InChI=1S/C14H14N2O2/c1-16(13-5-3-4-10-15-13)14(17)11-6-8-12(18-2)9-7-11/h3-10H,1-2H3. The number of methoxy groups -OCH3 is 1. The first-order chi connectivity index (χ1) is 8.72. The molecule has 0 fully saturated rings. The fraction of sp³-hybridized carbons (Fsp3) is 0.143. The van der Waals surface area contributed by atoms with Crippen LogP contribution in [-0.2, 0) is 0 Å². The number of amides is 1. The Balaban J connectivity index is 2.20. The molecule has 0 atom stereocenters. The van der Waals surface area contributed by atoms with Crippen molar-refractivity contribution in [3.8, 4) is 5.75 Å². The van der Waals surface area contributed by atoms with E-state index >= 15 is 0 Å². The second-order valence-corrected chi connectivity index (χ2v) is 3.78. The maximum Gasteiger partial charge on any atom is 0.259 e. The summed E-state index contributed by atoms with van der Waals surface area (Å²) < 4.78 is 5.06. The lowest BCUT2D eigenvalue weighted by Crippen LogP contribution is -2.26. The summed E-state index contributed by atoms with van der Waals surface area (Å²) in [5, 5.41) is 0. The molecule has 4 nitrogen and oxygen atoms in total. The van der Waals surface area contributed by atoms with Crippen LogP contribution in [0.1, 0.15) is 10.4 Å². The molecule has 4 heteroatoms. The van der Waals surface area contributed by atoms with Crippen molar-refractivity contribution in [3.05, 3.63) is 54.2 Å². The number of pyridine rings is 1. The summed E-state index contributed by atoms with van der Waals surface area (Å²) in [6, 6.07) is 12.5. The molecule has 0 spiro atoms. The van der Waals surface area contributed by atoms with Gasteiger partial charge < -0.3 is 4.74 Å². The summed E-state index contributed by atoms with van der Waals surface area (Å²) in [6.07, 6.45) is 1.66. The molecule has 0 saturated carbocycles. The second kappa shape index (κ2) is 5.31. The van der Waals surface area contributed by atoms with Gasteiger partial charge in [-0.15, -0.1) is 0 Å². The summed E-state index contributed by atoms with van der Waals surface area (Å²) >= 11 is 0. The maximum atomic E-state index is 12.2. The highest BCUT2D eigenvalue weighted by Gasteiger charge is 2.13. The predicted octanol–water partition coefficient (Wildman–Crippen LogP) is 2.37. The molecule has 1 amide bonds. The molecule has 0 N–H and O–H groups in total. The van der Waals surface area contributed by atoms with E-state index in [0.717, 1.165) is 5.75 Å². The molecule has 0 aliphatic carbocycles. The molecule has 2 aromatic rings. The number of aromatic nitrogens is 1. The van der Waals surface area contributed by atoms with Crippen molar-refractivity contribution in [2.45, 2.75) is 0 Å². The maximum absolute atomic E-state index is 12.2. The molecule has 0 aliphatic heterocycles. The Morgan fingerprint density at radius 3 is 2.44 bits per heavy atom. The topological polar surface area (TPSA) is 42.4 Å². The first-order valence-electron chi connectivity index (χ1n) is 5.55. The Hall–Kier alpha value is -2.36. The van der Waals surface area contributed by atoms with Crippen LogP contribution in [0.4, 0.5) is 5.82 Å². The summed E-state index contributed by atoms with van der Waals surface area (Å²) in [5.74, 6) is 1.25. The molecule has 92 valence electrons. The van der Waals surface area contributed by atoms with Crippen LogP contribution in [0.15, 0.2) is 48.7 Å². The van der Waals surface area contributed by atoms with Crippen molar-refractivity contribution in [2.24, 2.45) is 0 Å². The third-order valence-electron chi connectivity index (χ3n) is 2.63. The number of hydrogen-bond acceptors (Lipinski definition) is 3. The van der Waals surface area contributed by atoms with Crippen LogP contribution >= 0.6 is 0 Å². The van der Waals surface area contributed by atoms with Crippen LogP contribution in [-0.4, -0.2) is 25.0 Å². The van der Waals surface area contributed by atoms with E-state index in [9.17, 15) is 4.79 Å². The highest BCUT2D eigenvalue weighted by Crippen LogP contribution is 2.15. The van der Waals surface area contributed by atoms with Gasteiger partial charge in [0.1, 0.15) is 11.6 Å². The molecule has 0 bridgehead atoms. The molecule has 18 heavy (non-hydrogen) atoms. The average molecular weight is 242 g/mol. The van der Waals surface area contributed by atoms with E-state index in [0.29, 0.717) is 11.4 Å². The molecule has 1 aromatic heterocycles. The summed E-state index contributed by atoms with van der Waals surface area (Å²) in [4.78, 5) is 17.8. The van der Waals surface area contributed by atoms with Gasteiger partial charge in [-0.3, -0.25) is 9.69 Å². The third-order valence-corrected chi connectivity index (χ3v) is 2.63. The number of anilines is 1. The molecule has 2 rings (SSSR count). The van der Waals surface area contributed by atoms with Gasteiger partial charge >= 0.3 is 0 Å². The largest absolute Gasteiger partial charge is 0.497 e. The van der Waals surface area contributed by atoms with E-state index < -0.39 is 0 Å². The van der Waals surface area contributed by atoms with Crippen LogP contribution in [0.2, 0.25) is 0 Å². The van der Waals surface area contributed by atoms with E-state index in [-0.39, 0.29) is 5.91 Å². The Kier molecular flexibility index (Phi) is 3.57. The normalized spacial score (nSPS) is 9.89. The molecular weight excluding hydrogens is 228 g/mol. The molecule has 1 heterocycles. The molecule has 0 unspecified atom stereocenters. The van der Waals surface area contributed by atoms with Crippen LogP contribution in [0.3, 0.4) is 0 Å². The van der Waals surface area contributed by atoms with E-state index in [2.05, 4.69) is 4.98 Å². The Labute approximate surface area is 106 Å². The van der Waals surface area contributed by atoms with E-state index in [1.807, 2.05) is 12.1 Å². The minimum Gasteiger partial charge on any atom is -0.497 e. The van der Waals surface area contributed by atoms with Gasteiger partial charge in [-0.1, -0.05) is 6.07 Å². The monoisotopic (exact) mass is 242 g/mol. The molecule has 1 aromatic carbocycles. The molecule has 0 radical (unpaired) electrons. The van der Waals surface area contributed by atoms with Gasteiger partial charge in [0.25, 0.3) is 5.91 Å². The summed E-state index contributed by atoms with van der Waals surface area (Å²) in [6.45, 7) is 0. The number of benzene rings is 1. The molecule has 0 saturated heterocycles. The quantitative estimate of drug-likeness (QED) is 0.829. The lowest BCUT2D eigenvalue weighted by atomic mass is 10.2. The van der Waals surface area contributed by atoms with Gasteiger partial charge in [0.2, 0.25) is 0 Å². The Morgan fingerprint density at radius 2 is 1.89 bits per heavy atom. The number of carbonyl (C=O) groups is 1. The highest BCUT2D eigenvalue weighted by molar-refractivity contribution is 6.05. The second-order valence-electron chi connectivity index (χ2n) is 3.78. The average Bonchev–Trinajstić information content (AvgIpc) is 2.47. The van der Waals surface area contributed by atoms with Crippen LogP contribution in [0.25, 0.3) is 0 Å². The summed E-state index contributed by atoms with van der Waals surface area (Å²) in [5.41, 5.74) is 0.601. The smallest absolute Gasteiger partial charge is 0.259 e. The first-order valence-corrected chi connectivity index (χ1v) is 5.55. The zero-order valence-electron chi connectivity index (χ0n) is 10.3. The van der Waals surface area contributed by atoms with Crippen LogP contribution in [0, 0.1) is 0 Å².